The number of carbonyl (C=O) groups excluding carboxylic acids is 1. The van der Waals surface area contributed by atoms with E-state index < -0.39 is 4.92 Å². The van der Waals surface area contributed by atoms with Gasteiger partial charge in [0.15, 0.2) is 10.9 Å². The molecule has 0 aliphatic carbocycles. The van der Waals surface area contributed by atoms with Crippen LogP contribution in [0.25, 0.3) is 22.6 Å². The molecule has 2 heterocycles. The van der Waals surface area contributed by atoms with Crippen LogP contribution in [0.2, 0.25) is 0 Å². The van der Waals surface area contributed by atoms with E-state index in [1.54, 1.807) is 6.92 Å². The number of nitro groups is 1. The van der Waals surface area contributed by atoms with Crippen molar-refractivity contribution in [3.05, 3.63) is 64.2 Å². The number of aryl methyl sites for hydroxylation is 1. The molecular formula is C21H19N5O4S. The number of anilines is 1. The first-order chi connectivity index (χ1) is 15.0. The molecule has 158 valence electrons. The van der Waals surface area contributed by atoms with E-state index in [0.29, 0.717) is 34.5 Å². The van der Waals surface area contributed by atoms with Crippen molar-refractivity contribution in [2.45, 2.75) is 25.5 Å². The van der Waals surface area contributed by atoms with Crippen molar-refractivity contribution in [1.29, 1.82) is 0 Å². The predicted molar refractivity (Wildman–Crippen MR) is 118 cm³/mol. The van der Waals surface area contributed by atoms with Crippen LogP contribution in [0, 0.1) is 17.0 Å². The Bertz CT molecular complexity index is 1250. The van der Waals surface area contributed by atoms with E-state index in [0.717, 1.165) is 11.0 Å². The third kappa shape index (κ3) is 4.29. The van der Waals surface area contributed by atoms with Gasteiger partial charge in [0.25, 0.3) is 5.69 Å². The Morgan fingerprint density at radius 3 is 2.74 bits per heavy atom. The second-order valence-electron chi connectivity index (χ2n) is 6.79. The zero-order chi connectivity index (χ0) is 22.0. The number of nitro benzene ring substituents is 1. The number of nitrogens with zero attached hydrogens (tertiary/aromatic N) is 4. The Morgan fingerprint density at radius 2 is 2.03 bits per heavy atom. The molecule has 1 amide bonds. The van der Waals surface area contributed by atoms with Crippen LogP contribution < -0.4 is 5.32 Å². The number of amides is 1. The Balaban J connectivity index is 1.46. The van der Waals surface area contributed by atoms with Gasteiger partial charge in [0.05, 0.1) is 10.7 Å². The third-order valence-corrected chi connectivity index (χ3v) is 5.67. The average molecular weight is 437 g/mol. The molecule has 0 bridgehead atoms. The fraction of sp³-hybridized carbons (Fsp3) is 0.190. The molecule has 9 nitrogen and oxygen atoms in total. The third-order valence-electron chi connectivity index (χ3n) is 4.71. The number of rotatable bonds is 7. The van der Waals surface area contributed by atoms with Gasteiger partial charge in [-0.25, -0.2) is 0 Å². The van der Waals surface area contributed by atoms with E-state index >= 15 is 0 Å². The number of thioether (sulfide) groups is 1. The molecule has 10 heteroatoms. The largest absolute Gasteiger partial charge is 0.453 e. The summed E-state index contributed by atoms with van der Waals surface area (Å²) in [6.07, 6.45) is 0. The highest BCUT2D eigenvalue weighted by Gasteiger charge is 2.18. The van der Waals surface area contributed by atoms with E-state index in [1.165, 1.54) is 30.0 Å². The van der Waals surface area contributed by atoms with E-state index in [1.807, 2.05) is 41.8 Å². The zero-order valence-electron chi connectivity index (χ0n) is 16.9. The van der Waals surface area contributed by atoms with Crippen molar-refractivity contribution < 1.29 is 14.1 Å². The number of fused-ring (bicyclic) bond motifs is 1. The molecule has 0 aliphatic heterocycles. The first-order valence-corrected chi connectivity index (χ1v) is 10.5. The summed E-state index contributed by atoms with van der Waals surface area (Å²) < 4.78 is 7.79. The van der Waals surface area contributed by atoms with Gasteiger partial charge in [0.1, 0.15) is 5.58 Å². The lowest BCUT2D eigenvalue weighted by Gasteiger charge is -2.08. The Morgan fingerprint density at radius 1 is 1.23 bits per heavy atom. The lowest BCUT2D eigenvalue weighted by molar-refractivity contribution is -0.384. The number of hydrogen-bond donors (Lipinski definition) is 1. The molecule has 1 N–H and O–H groups in total. The van der Waals surface area contributed by atoms with Crippen LogP contribution in [0.5, 0.6) is 0 Å². The smallest absolute Gasteiger partial charge is 0.269 e. The highest BCUT2D eigenvalue weighted by molar-refractivity contribution is 7.99. The number of hydrogen-bond acceptors (Lipinski definition) is 7. The van der Waals surface area contributed by atoms with E-state index in [2.05, 4.69) is 15.5 Å². The summed E-state index contributed by atoms with van der Waals surface area (Å²) in [6, 6.07) is 14.0. The number of aromatic nitrogens is 3. The minimum Gasteiger partial charge on any atom is -0.453 e. The average Bonchev–Trinajstić information content (AvgIpc) is 3.36. The molecule has 0 unspecified atom stereocenters. The number of para-hydroxylation sites is 1. The molecule has 0 radical (unpaired) electrons. The zero-order valence-corrected chi connectivity index (χ0v) is 17.7. The lowest BCUT2D eigenvalue weighted by atomic mass is 10.2. The van der Waals surface area contributed by atoms with Crippen LogP contribution in [0.1, 0.15) is 12.5 Å². The number of benzene rings is 2. The van der Waals surface area contributed by atoms with Crippen LogP contribution in [-0.2, 0) is 11.3 Å². The summed E-state index contributed by atoms with van der Waals surface area (Å²) in [5.74, 6) is 1.10. The standard InChI is InChI=1S/C21H19N5O4S/c1-3-25-20(18-11-14-6-4-5-7-17(14)30-18)23-24-21(25)31-12-19(27)22-16-9-8-15(26(28)29)10-13(16)2/h4-11H,3,12H2,1-2H3,(H,22,27). The fourth-order valence-electron chi connectivity index (χ4n) is 3.17. The molecule has 0 spiro atoms. The number of furan rings is 1. The van der Waals surface area contributed by atoms with Crippen molar-refractivity contribution in [1.82, 2.24) is 14.8 Å². The molecule has 4 aromatic rings. The lowest BCUT2D eigenvalue weighted by Crippen LogP contribution is -2.15. The van der Waals surface area contributed by atoms with Gasteiger partial charge in [-0.15, -0.1) is 10.2 Å². The van der Waals surface area contributed by atoms with Gasteiger partial charge in [-0.3, -0.25) is 19.5 Å². The van der Waals surface area contributed by atoms with Gasteiger partial charge in [-0.05, 0) is 37.6 Å². The molecular weight excluding hydrogens is 418 g/mol. The minimum atomic E-state index is -0.467. The summed E-state index contributed by atoms with van der Waals surface area (Å²) >= 11 is 1.26. The van der Waals surface area contributed by atoms with Crippen LogP contribution in [-0.4, -0.2) is 31.3 Å². The van der Waals surface area contributed by atoms with Crippen molar-refractivity contribution in [3.8, 4) is 11.6 Å². The van der Waals surface area contributed by atoms with Crippen molar-refractivity contribution in [3.63, 3.8) is 0 Å². The summed E-state index contributed by atoms with van der Waals surface area (Å²) in [6.45, 7) is 4.30. The number of non-ortho nitro benzene ring substituents is 1. The summed E-state index contributed by atoms with van der Waals surface area (Å²) in [7, 11) is 0. The molecule has 31 heavy (non-hydrogen) atoms. The van der Waals surface area contributed by atoms with Crippen LogP contribution >= 0.6 is 11.8 Å². The SMILES string of the molecule is CCn1c(SCC(=O)Nc2ccc([N+](=O)[O-])cc2C)nnc1-c1cc2ccccc2o1. The monoisotopic (exact) mass is 437 g/mol. The topological polar surface area (TPSA) is 116 Å². The molecule has 2 aromatic carbocycles. The van der Waals surface area contributed by atoms with Crippen LogP contribution in [0.3, 0.4) is 0 Å². The highest BCUT2D eigenvalue weighted by atomic mass is 32.2. The normalized spacial score (nSPS) is 11.0. The summed E-state index contributed by atoms with van der Waals surface area (Å²) in [5.41, 5.74) is 1.92. The molecule has 0 fully saturated rings. The molecule has 4 rings (SSSR count). The van der Waals surface area contributed by atoms with Gasteiger partial charge >= 0.3 is 0 Å². The van der Waals surface area contributed by atoms with E-state index in [-0.39, 0.29) is 17.3 Å². The first kappa shape index (κ1) is 20.6. The molecule has 0 saturated carbocycles. The maximum atomic E-state index is 12.4. The van der Waals surface area contributed by atoms with Crippen molar-refractivity contribution in [2.24, 2.45) is 0 Å². The van der Waals surface area contributed by atoms with Crippen LogP contribution in [0.15, 0.2) is 58.1 Å². The molecule has 0 aliphatic rings. The Hall–Kier alpha value is -3.66. The molecule has 0 atom stereocenters. The van der Waals surface area contributed by atoms with Crippen molar-refractivity contribution >= 4 is 40.0 Å². The second-order valence-corrected chi connectivity index (χ2v) is 7.73. The minimum absolute atomic E-state index is 0.0148. The van der Waals surface area contributed by atoms with Gasteiger partial charge in [0.2, 0.25) is 11.7 Å². The number of nitrogens with one attached hydrogen (secondary N) is 1. The maximum absolute atomic E-state index is 12.4. The van der Waals surface area contributed by atoms with Gasteiger partial charge in [0, 0.05) is 29.8 Å². The quantitative estimate of drug-likeness (QED) is 0.254. The molecule has 2 aromatic heterocycles. The molecule has 0 saturated heterocycles. The summed E-state index contributed by atoms with van der Waals surface area (Å²) in [5, 5.41) is 23.7. The Kier molecular flexibility index (Phi) is 5.72. The van der Waals surface area contributed by atoms with Crippen LogP contribution in [0.4, 0.5) is 11.4 Å². The van der Waals surface area contributed by atoms with Gasteiger partial charge in [-0.1, -0.05) is 30.0 Å². The van der Waals surface area contributed by atoms with E-state index in [4.69, 9.17) is 4.42 Å². The van der Waals surface area contributed by atoms with Gasteiger partial charge < -0.3 is 9.73 Å². The maximum Gasteiger partial charge on any atom is 0.269 e. The highest BCUT2D eigenvalue weighted by Crippen LogP contribution is 2.29. The first-order valence-electron chi connectivity index (χ1n) is 9.56. The number of carbonyl (C=O) groups is 1. The predicted octanol–water partition coefficient (Wildman–Crippen LogP) is 4.66. The van der Waals surface area contributed by atoms with Gasteiger partial charge in [-0.2, -0.15) is 0 Å². The Labute approximate surface area is 181 Å². The second kappa shape index (κ2) is 8.60. The van der Waals surface area contributed by atoms with E-state index in [9.17, 15) is 14.9 Å². The summed E-state index contributed by atoms with van der Waals surface area (Å²) in [4.78, 5) is 22.8. The fourth-order valence-corrected chi connectivity index (χ4v) is 3.98. The van der Waals surface area contributed by atoms with Crippen molar-refractivity contribution in [2.75, 3.05) is 11.1 Å².